The highest BCUT2D eigenvalue weighted by molar-refractivity contribution is 5.95. The van der Waals surface area contributed by atoms with Crippen LogP contribution in [0, 0.1) is 0 Å². The van der Waals surface area contributed by atoms with Gasteiger partial charge in [0.05, 0.1) is 33.2 Å². The van der Waals surface area contributed by atoms with Crippen LogP contribution in [-0.2, 0) is 12.8 Å². The first-order valence-corrected chi connectivity index (χ1v) is 8.71. The topological polar surface area (TPSA) is 36.8 Å². The molecular weight excluding hydrogens is 298 g/mol. The van der Waals surface area contributed by atoms with Gasteiger partial charge in [-0.15, -0.1) is 0 Å². The summed E-state index contributed by atoms with van der Waals surface area (Å²) >= 11 is 0. The summed E-state index contributed by atoms with van der Waals surface area (Å²) in [5.41, 5.74) is 6.28. The molecule has 1 amide bonds. The number of carbonyl (C=O) groups excluding carboxylic acids is 1. The Morgan fingerprint density at radius 1 is 1.00 bits per heavy atom. The first-order valence-electron chi connectivity index (χ1n) is 8.71. The van der Waals surface area contributed by atoms with E-state index in [2.05, 4.69) is 42.8 Å². The van der Waals surface area contributed by atoms with E-state index in [1.165, 1.54) is 10.5 Å². The molecule has 0 atom stereocenters. The van der Waals surface area contributed by atoms with Crippen LogP contribution in [0.25, 0.3) is 0 Å². The fourth-order valence-corrected chi connectivity index (χ4v) is 3.09. The van der Waals surface area contributed by atoms with Gasteiger partial charge in [-0.25, -0.2) is 5.01 Å². The lowest BCUT2D eigenvalue weighted by Crippen LogP contribution is -3.12. The van der Waals surface area contributed by atoms with Crippen molar-refractivity contribution in [2.24, 2.45) is 0 Å². The Kier molecular flexibility index (Phi) is 5.62. The van der Waals surface area contributed by atoms with E-state index >= 15 is 0 Å². The van der Waals surface area contributed by atoms with Gasteiger partial charge in [-0.3, -0.25) is 10.2 Å². The van der Waals surface area contributed by atoms with Gasteiger partial charge in [-0.05, 0) is 30.0 Å². The van der Waals surface area contributed by atoms with Crippen molar-refractivity contribution in [3.05, 3.63) is 71.3 Å². The fourth-order valence-electron chi connectivity index (χ4n) is 3.09. The summed E-state index contributed by atoms with van der Waals surface area (Å²) in [6.45, 7) is 3.94. The number of rotatable bonds is 5. The lowest BCUT2D eigenvalue weighted by atomic mass is 9.99. The Morgan fingerprint density at radius 3 is 2.42 bits per heavy atom. The van der Waals surface area contributed by atoms with E-state index in [0.717, 1.165) is 50.1 Å². The molecule has 1 heterocycles. The number of likely N-dealkylation sites (N-methyl/N-ethyl adjacent to an activating group) is 1. The number of benzene rings is 2. The zero-order chi connectivity index (χ0) is 16.8. The minimum absolute atomic E-state index is 0.0122. The Hall–Kier alpha value is -2.17. The van der Waals surface area contributed by atoms with Crippen LogP contribution in [0.1, 0.15) is 21.5 Å². The lowest BCUT2D eigenvalue weighted by molar-refractivity contribution is -0.884. The monoisotopic (exact) mass is 324 g/mol. The van der Waals surface area contributed by atoms with Gasteiger partial charge >= 0.3 is 0 Å². The van der Waals surface area contributed by atoms with Gasteiger partial charge in [0.2, 0.25) is 0 Å². The molecule has 0 saturated carbocycles. The summed E-state index contributed by atoms with van der Waals surface area (Å²) in [7, 11) is 2.19. The highest BCUT2D eigenvalue weighted by Gasteiger charge is 2.19. The zero-order valence-corrected chi connectivity index (χ0v) is 14.3. The third kappa shape index (κ3) is 4.43. The van der Waals surface area contributed by atoms with E-state index in [1.807, 2.05) is 29.3 Å². The molecule has 24 heavy (non-hydrogen) atoms. The Balaban J connectivity index is 1.63. The SMILES string of the molecule is C[NH+]1CCN(NC(=O)c2ccccc2CCc2ccccc2)CC1. The van der Waals surface area contributed by atoms with Crippen molar-refractivity contribution < 1.29 is 9.69 Å². The molecular formula is C20H26N3O+. The number of amides is 1. The molecule has 0 aliphatic carbocycles. The van der Waals surface area contributed by atoms with Crippen molar-refractivity contribution in [1.82, 2.24) is 10.4 Å². The molecule has 4 heteroatoms. The van der Waals surface area contributed by atoms with Crippen molar-refractivity contribution >= 4 is 5.91 Å². The van der Waals surface area contributed by atoms with Gasteiger partial charge in [0.15, 0.2) is 0 Å². The fraction of sp³-hybridized carbons (Fsp3) is 0.350. The summed E-state index contributed by atoms with van der Waals surface area (Å²) in [6.07, 6.45) is 1.82. The second-order valence-electron chi connectivity index (χ2n) is 6.53. The molecule has 2 aromatic rings. The molecule has 126 valence electrons. The van der Waals surface area contributed by atoms with Crippen LogP contribution in [0.2, 0.25) is 0 Å². The van der Waals surface area contributed by atoms with Crippen molar-refractivity contribution in [2.75, 3.05) is 33.2 Å². The van der Waals surface area contributed by atoms with Gasteiger partial charge in [0.1, 0.15) is 0 Å². The number of aryl methyl sites for hydroxylation is 2. The summed E-state index contributed by atoms with van der Waals surface area (Å²) in [5, 5.41) is 2.04. The highest BCUT2D eigenvalue weighted by atomic mass is 16.2. The first-order chi connectivity index (χ1) is 11.7. The molecule has 0 radical (unpaired) electrons. The quantitative estimate of drug-likeness (QED) is 0.859. The summed E-state index contributed by atoms with van der Waals surface area (Å²) in [5.74, 6) is 0.0122. The predicted octanol–water partition coefficient (Wildman–Crippen LogP) is 0.947. The van der Waals surface area contributed by atoms with Crippen LogP contribution in [0.4, 0.5) is 0 Å². The number of nitrogens with one attached hydrogen (secondary N) is 2. The van der Waals surface area contributed by atoms with E-state index in [-0.39, 0.29) is 5.91 Å². The number of piperazine rings is 1. The minimum Gasteiger partial charge on any atom is -0.335 e. The van der Waals surface area contributed by atoms with Crippen LogP contribution in [0.3, 0.4) is 0 Å². The van der Waals surface area contributed by atoms with Crippen LogP contribution in [-0.4, -0.2) is 44.1 Å². The van der Waals surface area contributed by atoms with Gasteiger partial charge in [0.25, 0.3) is 5.91 Å². The largest absolute Gasteiger partial charge is 0.335 e. The molecule has 0 unspecified atom stereocenters. The molecule has 0 spiro atoms. The lowest BCUT2D eigenvalue weighted by Gasteiger charge is -2.30. The maximum absolute atomic E-state index is 12.7. The third-order valence-electron chi connectivity index (χ3n) is 4.66. The van der Waals surface area contributed by atoms with Gasteiger partial charge in [0, 0.05) is 5.56 Å². The van der Waals surface area contributed by atoms with Gasteiger partial charge in [-0.1, -0.05) is 48.5 Å². The predicted molar refractivity (Wildman–Crippen MR) is 96.0 cm³/mol. The highest BCUT2D eigenvalue weighted by Crippen LogP contribution is 2.13. The Bertz CT molecular complexity index is 664. The average molecular weight is 324 g/mol. The molecule has 2 aromatic carbocycles. The van der Waals surface area contributed by atoms with Crippen molar-refractivity contribution in [3.63, 3.8) is 0 Å². The number of nitrogens with zero attached hydrogens (tertiary/aromatic N) is 1. The van der Waals surface area contributed by atoms with Crippen LogP contribution >= 0.6 is 0 Å². The van der Waals surface area contributed by atoms with Crippen molar-refractivity contribution in [3.8, 4) is 0 Å². The number of hydrogen-bond donors (Lipinski definition) is 2. The maximum atomic E-state index is 12.7. The van der Waals surface area contributed by atoms with E-state index in [1.54, 1.807) is 0 Å². The molecule has 1 aliphatic rings. The molecule has 1 aliphatic heterocycles. The van der Waals surface area contributed by atoms with E-state index < -0.39 is 0 Å². The number of carbonyl (C=O) groups is 1. The van der Waals surface area contributed by atoms with Gasteiger partial charge in [-0.2, -0.15) is 0 Å². The molecule has 1 saturated heterocycles. The minimum atomic E-state index is 0.0122. The van der Waals surface area contributed by atoms with Crippen LogP contribution in [0.15, 0.2) is 54.6 Å². The van der Waals surface area contributed by atoms with Crippen LogP contribution < -0.4 is 10.3 Å². The first kappa shape index (κ1) is 16.7. The molecule has 0 bridgehead atoms. The molecule has 4 nitrogen and oxygen atoms in total. The number of hydrazine groups is 1. The summed E-state index contributed by atoms with van der Waals surface area (Å²) in [6, 6.07) is 18.4. The maximum Gasteiger partial charge on any atom is 0.265 e. The van der Waals surface area contributed by atoms with Crippen molar-refractivity contribution in [1.29, 1.82) is 0 Å². The second-order valence-corrected chi connectivity index (χ2v) is 6.53. The molecule has 3 rings (SSSR count). The molecule has 0 aromatic heterocycles. The second kappa shape index (κ2) is 8.08. The Morgan fingerprint density at radius 2 is 1.67 bits per heavy atom. The summed E-state index contributed by atoms with van der Waals surface area (Å²) in [4.78, 5) is 14.2. The zero-order valence-electron chi connectivity index (χ0n) is 14.3. The molecule has 1 fully saturated rings. The third-order valence-corrected chi connectivity index (χ3v) is 4.66. The van der Waals surface area contributed by atoms with E-state index in [4.69, 9.17) is 0 Å². The summed E-state index contributed by atoms with van der Waals surface area (Å²) < 4.78 is 0. The number of hydrogen-bond acceptors (Lipinski definition) is 2. The standard InChI is InChI=1S/C20H25N3O/c1-22-13-15-23(16-14-22)21-20(24)19-10-6-5-9-18(19)12-11-17-7-3-2-4-8-17/h2-10H,11-16H2,1H3,(H,21,24)/p+1. The molecule has 2 N–H and O–H groups in total. The van der Waals surface area contributed by atoms with Gasteiger partial charge < -0.3 is 4.90 Å². The number of quaternary nitrogens is 1. The van der Waals surface area contributed by atoms with Crippen molar-refractivity contribution in [2.45, 2.75) is 12.8 Å². The Labute approximate surface area is 144 Å². The van der Waals surface area contributed by atoms with E-state index in [0.29, 0.717) is 0 Å². The average Bonchev–Trinajstić information content (AvgIpc) is 2.63. The van der Waals surface area contributed by atoms with E-state index in [9.17, 15) is 4.79 Å². The normalized spacial score (nSPS) is 16.0. The van der Waals surface area contributed by atoms with Crippen LogP contribution in [0.5, 0.6) is 0 Å². The smallest absolute Gasteiger partial charge is 0.265 e.